The number of hydrogen-bond donors (Lipinski definition) is 2. The highest BCUT2D eigenvalue weighted by atomic mass is 15.1. The van der Waals surface area contributed by atoms with Crippen LogP contribution in [0.1, 0.15) is 25.3 Å². The van der Waals surface area contributed by atoms with Gasteiger partial charge in [0.1, 0.15) is 0 Å². The van der Waals surface area contributed by atoms with Gasteiger partial charge in [0.05, 0.1) is 0 Å². The Morgan fingerprint density at radius 3 is 2.47 bits per heavy atom. The molecule has 1 aromatic rings. The van der Waals surface area contributed by atoms with E-state index < -0.39 is 0 Å². The molecule has 0 radical (unpaired) electrons. The maximum absolute atomic E-state index is 5.60. The molecule has 0 bridgehead atoms. The molecule has 0 unspecified atom stereocenters. The first-order valence-electron chi connectivity index (χ1n) is 7.57. The number of anilines is 1. The van der Waals surface area contributed by atoms with Crippen molar-refractivity contribution in [1.82, 2.24) is 4.90 Å². The summed E-state index contributed by atoms with van der Waals surface area (Å²) in [5.74, 6) is 0.805. The Bertz CT molecular complexity index is 353. The quantitative estimate of drug-likeness (QED) is 0.826. The first-order chi connectivity index (χ1) is 9.31. The number of hydrogen-bond acceptors (Lipinski definition) is 3. The summed E-state index contributed by atoms with van der Waals surface area (Å²) in [7, 11) is 0. The van der Waals surface area contributed by atoms with Crippen LogP contribution in [0.5, 0.6) is 0 Å². The number of nitrogens with two attached hydrogens (primary N) is 1. The monoisotopic (exact) mass is 261 g/mol. The van der Waals surface area contributed by atoms with Crippen molar-refractivity contribution < 1.29 is 0 Å². The highest BCUT2D eigenvalue weighted by Crippen LogP contribution is 2.18. The van der Waals surface area contributed by atoms with Gasteiger partial charge < -0.3 is 16.0 Å². The second kappa shape index (κ2) is 7.51. The van der Waals surface area contributed by atoms with E-state index in [1.807, 2.05) is 0 Å². The zero-order valence-electron chi connectivity index (χ0n) is 12.1. The van der Waals surface area contributed by atoms with Gasteiger partial charge in [-0.2, -0.15) is 0 Å². The summed E-state index contributed by atoms with van der Waals surface area (Å²) in [6, 6.07) is 8.82. The van der Waals surface area contributed by atoms with Gasteiger partial charge in [-0.15, -0.1) is 0 Å². The maximum Gasteiger partial charge on any atom is 0.0340 e. The van der Waals surface area contributed by atoms with Crippen molar-refractivity contribution in [2.45, 2.75) is 26.2 Å². The number of benzene rings is 1. The van der Waals surface area contributed by atoms with Gasteiger partial charge in [0.15, 0.2) is 0 Å². The molecule has 1 aliphatic rings. The Kier molecular flexibility index (Phi) is 5.67. The first-order valence-corrected chi connectivity index (χ1v) is 7.57. The molecule has 0 amide bonds. The molecule has 0 aliphatic carbocycles. The highest BCUT2D eigenvalue weighted by Gasteiger charge is 2.18. The SMILES string of the molecule is CCc1ccc(NCC2CCN(CCN)CC2)cc1. The summed E-state index contributed by atoms with van der Waals surface area (Å²) in [5, 5.41) is 3.57. The molecule has 3 nitrogen and oxygen atoms in total. The topological polar surface area (TPSA) is 41.3 Å². The Hall–Kier alpha value is -1.06. The van der Waals surface area contributed by atoms with Gasteiger partial charge in [0.25, 0.3) is 0 Å². The molecule has 0 saturated carbocycles. The molecule has 2 rings (SSSR count). The Labute approximate surface area is 117 Å². The third-order valence-corrected chi connectivity index (χ3v) is 4.11. The molecule has 0 atom stereocenters. The fourth-order valence-corrected chi connectivity index (χ4v) is 2.72. The normalized spacial score (nSPS) is 17.6. The van der Waals surface area contributed by atoms with Crippen molar-refractivity contribution >= 4 is 5.69 Å². The van der Waals surface area contributed by atoms with Crippen LogP contribution in [-0.2, 0) is 6.42 Å². The summed E-state index contributed by atoms with van der Waals surface area (Å²) in [4.78, 5) is 2.48. The van der Waals surface area contributed by atoms with Crippen LogP contribution in [0.4, 0.5) is 5.69 Å². The molecular weight excluding hydrogens is 234 g/mol. The van der Waals surface area contributed by atoms with Crippen LogP contribution in [0.15, 0.2) is 24.3 Å². The van der Waals surface area contributed by atoms with Crippen molar-refractivity contribution in [3.05, 3.63) is 29.8 Å². The summed E-state index contributed by atoms with van der Waals surface area (Å²) in [5.41, 5.74) is 8.25. The number of aryl methyl sites for hydroxylation is 1. The molecule has 3 heteroatoms. The van der Waals surface area contributed by atoms with Crippen LogP contribution in [0.2, 0.25) is 0 Å². The van der Waals surface area contributed by atoms with Gasteiger partial charge in [-0.25, -0.2) is 0 Å². The van der Waals surface area contributed by atoms with Gasteiger partial charge >= 0.3 is 0 Å². The second-order valence-electron chi connectivity index (χ2n) is 5.51. The summed E-state index contributed by atoms with van der Waals surface area (Å²) in [6.45, 7) is 7.54. The molecule has 0 spiro atoms. The van der Waals surface area contributed by atoms with E-state index in [2.05, 4.69) is 41.4 Å². The lowest BCUT2D eigenvalue weighted by Crippen LogP contribution is -2.38. The van der Waals surface area contributed by atoms with E-state index in [4.69, 9.17) is 5.73 Å². The molecule has 19 heavy (non-hydrogen) atoms. The van der Waals surface area contributed by atoms with Gasteiger partial charge in [-0.05, 0) is 56.0 Å². The fraction of sp³-hybridized carbons (Fsp3) is 0.625. The van der Waals surface area contributed by atoms with Gasteiger partial charge in [-0.1, -0.05) is 19.1 Å². The first kappa shape index (κ1) is 14.4. The second-order valence-corrected chi connectivity index (χ2v) is 5.51. The minimum atomic E-state index is 0.784. The predicted molar refractivity (Wildman–Crippen MR) is 82.5 cm³/mol. The summed E-state index contributed by atoms with van der Waals surface area (Å²) >= 11 is 0. The van der Waals surface area contributed by atoms with Crippen molar-refractivity contribution in [1.29, 1.82) is 0 Å². The van der Waals surface area contributed by atoms with Crippen LogP contribution in [0.25, 0.3) is 0 Å². The molecule has 1 saturated heterocycles. The zero-order chi connectivity index (χ0) is 13.5. The predicted octanol–water partition coefficient (Wildman–Crippen LogP) is 2.33. The molecule has 3 N–H and O–H groups in total. The minimum absolute atomic E-state index is 0.784. The lowest BCUT2D eigenvalue weighted by atomic mass is 9.96. The lowest BCUT2D eigenvalue weighted by molar-refractivity contribution is 0.194. The van der Waals surface area contributed by atoms with Crippen LogP contribution < -0.4 is 11.1 Å². The van der Waals surface area contributed by atoms with Crippen LogP contribution in [-0.4, -0.2) is 37.6 Å². The van der Waals surface area contributed by atoms with E-state index in [9.17, 15) is 0 Å². The number of nitrogens with zero attached hydrogens (tertiary/aromatic N) is 1. The molecule has 106 valence electrons. The average molecular weight is 261 g/mol. The smallest absolute Gasteiger partial charge is 0.0340 e. The maximum atomic E-state index is 5.60. The summed E-state index contributed by atoms with van der Waals surface area (Å²) in [6.07, 6.45) is 3.69. The molecule has 0 aromatic heterocycles. The largest absolute Gasteiger partial charge is 0.385 e. The van der Waals surface area contributed by atoms with Crippen LogP contribution in [0, 0.1) is 5.92 Å². The van der Waals surface area contributed by atoms with Crippen molar-refractivity contribution in [2.24, 2.45) is 11.7 Å². The Morgan fingerprint density at radius 2 is 1.89 bits per heavy atom. The van der Waals surface area contributed by atoms with E-state index in [0.717, 1.165) is 32.0 Å². The van der Waals surface area contributed by atoms with Gasteiger partial charge in [-0.3, -0.25) is 0 Å². The van der Waals surface area contributed by atoms with Gasteiger partial charge in [0.2, 0.25) is 0 Å². The number of nitrogens with one attached hydrogen (secondary N) is 1. The van der Waals surface area contributed by atoms with Crippen molar-refractivity contribution in [3.63, 3.8) is 0 Å². The molecule has 1 fully saturated rings. The Morgan fingerprint density at radius 1 is 1.21 bits per heavy atom. The third-order valence-electron chi connectivity index (χ3n) is 4.11. The van der Waals surface area contributed by atoms with E-state index in [1.54, 1.807) is 0 Å². The van der Waals surface area contributed by atoms with Gasteiger partial charge in [0, 0.05) is 25.3 Å². The lowest BCUT2D eigenvalue weighted by Gasteiger charge is -2.31. The molecule has 1 aromatic carbocycles. The van der Waals surface area contributed by atoms with Crippen molar-refractivity contribution in [2.75, 3.05) is 38.0 Å². The number of likely N-dealkylation sites (tertiary alicyclic amines) is 1. The number of rotatable bonds is 6. The number of piperidine rings is 1. The third kappa shape index (κ3) is 4.51. The van der Waals surface area contributed by atoms with Crippen molar-refractivity contribution in [3.8, 4) is 0 Å². The van der Waals surface area contributed by atoms with E-state index in [1.165, 1.54) is 37.2 Å². The Balaban J connectivity index is 1.71. The average Bonchev–Trinajstić information content (AvgIpc) is 2.47. The fourth-order valence-electron chi connectivity index (χ4n) is 2.72. The molecular formula is C16H27N3. The minimum Gasteiger partial charge on any atom is -0.385 e. The standard InChI is InChI=1S/C16H27N3/c1-2-14-3-5-16(6-4-14)18-13-15-7-10-19(11-8-15)12-9-17/h3-6,15,18H,2,7-13,17H2,1H3. The summed E-state index contributed by atoms with van der Waals surface area (Å²) < 4.78 is 0. The van der Waals surface area contributed by atoms with Crippen LogP contribution in [0.3, 0.4) is 0 Å². The molecule has 1 heterocycles. The molecule has 1 aliphatic heterocycles. The highest BCUT2D eigenvalue weighted by molar-refractivity contribution is 5.44. The van der Waals surface area contributed by atoms with E-state index in [-0.39, 0.29) is 0 Å². The van der Waals surface area contributed by atoms with Crippen LogP contribution >= 0.6 is 0 Å². The van der Waals surface area contributed by atoms with E-state index in [0.29, 0.717) is 0 Å². The zero-order valence-corrected chi connectivity index (χ0v) is 12.1. The van der Waals surface area contributed by atoms with E-state index >= 15 is 0 Å².